The van der Waals surface area contributed by atoms with Crippen molar-refractivity contribution < 1.29 is 13.2 Å². The van der Waals surface area contributed by atoms with E-state index in [4.69, 9.17) is 15.0 Å². The Morgan fingerprint density at radius 1 is 0.312 bits per heavy atom. The highest BCUT2D eigenvalue weighted by Gasteiger charge is 2.24. The Balaban J connectivity index is 0.000000130. The lowest BCUT2D eigenvalue weighted by atomic mass is 10.0. The Bertz CT molecular complexity index is 6970. The van der Waals surface area contributed by atoms with Crippen molar-refractivity contribution in [3.05, 3.63) is 236 Å². The number of nitrogens with zero attached hydrogens (tertiary/aromatic N) is 18. The number of piperidine rings is 1. The molecule has 9 N–H and O–H groups in total. The SMILES string of the molecule is CN(C)CCNc1cc(F)cc(-c2cncc3[nH]c(-c4n[nH]c5ccc(-c6cncc(CN(C)C)c6)cc45)nc23)c1.CN(C)CCNc1cc(F)cc(-c2cncc3[nH]c(-c4n[nH]c5ccc(-c6cncc(CN7CCCC7)c6)cc45)nc23)c1.CN(C)CCNc1cc(F)cc(-c2cncc3[nH]c(-c4n[nH]c5ccc(-c6cncc(CN7CCCCC7)c6)cc45)nc23)c1. The van der Waals surface area contributed by atoms with Gasteiger partial charge in [0.2, 0.25) is 0 Å². The topological polar surface area (TPSA) is 305 Å². The van der Waals surface area contributed by atoms with Crippen molar-refractivity contribution in [1.29, 1.82) is 0 Å². The van der Waals surface area contributed by atoms with Crippen LogP contribution in [0.3, 0.4) is 0 Å². The van der Waals surface area contributed by atoms with E-state index in [9.17, 15) is 13.2 Å². The molecule has 0 spiro atoms. The highest BCUT2D eigenvalue weighted by atomic mass is 19.1. The molecule has 0 saturated carbocycles. The number of rotatable bonds is 27. The summed E-state index contributed by atoms with van der Waals surface area (Å²) in [5.41, 5.74) is 25.7. The zero-order valence-corrected chi connectivity index (χ0v) is 73.0. The number of aromatic amines is 6. The van der Waals surface area contributed by atoms with Gasteiger partial charge in [-0.05, 0) is 268 Å². The number of likely N-dealkylation sites (N-methyl/N-ethyl adjacent to an activating group) is 3. The van der Waals surface area contributed by atoms with E-state index in [1.54, 1.807) is 37.2 Å². The van der Waals surface area contributed by atoms with Gasteiger partial charge in [0.1, 0.15) is 34.5 Å². The standard InChI is InChI=1S/C34H36FN9.C33H34FN9.C31H32FN9/c1-43(2)11-8-38-27-14-24(13-26(35)16-27)29-19-37-20-31-32(29)40-34(39-31)33-28-15-23(6-7-30(28)41-42-33)25-12-22(17-36-18-25)21-44-9-4-3-5-10-44;1-42(2)10-7-37-26-13-23(12-25(34)15-26)28-18-36-19-30-31(28)39-33(38-30)32-27-14-22(5-6-29(27)40-41-32)24-11-21(16-35-17-24)20-43-8-3-4-9-43;1-40(2)8-7-35-24-11-21(10-23(32)13-24)26-16-34-17-28-29(26)37-31(36-28)30-25-12-20(5-6-27(25)38-39-30)22-9-19(14-33-15-22)18-41(3)4/h6-7,12-20,38H,3-5,8-11,21H2,1-2H3,(H,39,40)(H,41,42);5-6,11-19,37H,3-4,7-10,20H2,1-2H3,(H,38,39)(H,40,41);5-6,9-17,35H,7-8,18H2,1-4H3,(H,36,37)(H,38,39). The first-order valence-corrected chi connectivity index (χ1v) is 43.3. The van der Waals surface area contributed by atoms with E-state index < -0.39 is 0 Å². The molecule has 14 heterocycles. The summed E-state index contributed by atoms with van der Waals surface area (Å²) in [6, 6.07) is 40.2. The van der Waals surface area contributed by atoms with Crippen molar-refractivity contribution in [2.45, 2.75) is 51.7 Å². The fraction of sp³-hybridized carbons (Fsp3) is 0.265. The number of fused-ring (bicyclic) bond motifs is 6. The van der Waals surface area contributed by atoms with Gasteiger partial charge in [-0.2, -0.15) is 15.3 Å². The van der Waals surface area contributed by atoms with Crippen LogP contribution in [0.1, 0.15) is 48.8 Å². The Hall–Kier alpha value is -14.0. The minimum Gasteiger partial charge on any atom is -0.384 e. The van der Waals surface area contributed by atoms with Gasteiger partial charge < -0.3 is 50.5 Å². The summed E-state index contributed by atoms with van der Waals surface area (Å²) < 4.78 is 44.0. The van der Waals surface area contributed by atoms with E-state index in [0.29, 0.717) is 93.1 Å². The third-order valence-corrected chi connectivity index (χ3v) is 23.2. The molecular formula is C98H102F3N27. The average molecular weight is 1720 g/mol. The summed E-state index contributed by atoms with van der Waals surface area (Å²) in [7, 11) is 16.1. The van der Waals surface area contributed by atoms with Gasteiger partial charge in [0.25, 0.3) is 0 Å². The van der Waals surface area contributed by atoms with E-state index in [1.807, 2.05) is 130 Å². The first kappa shape index (κ1) is 84.8. The summed E-state index contributed by atoms with van der Waals surface area (Å²) in [4.78, 5) is 65.2. The van der Waals surface area contributed by atoms with Crippen molar-refractivity contribution in [3.8, 4) is 101 Å². The molecule has 2 aliphatic heterocycles. The van der Waals surface area contributed by atoms with Gasteiger partial charge in [0.05, 0.1) is 68.2 Å². The van der Waals surface area contributed by atoms with Gasteiger partial charge in [0.15, 0.2) is 17.5 Å². The van der Waals surface area contributed by atoms with Gasteiger partial charge in [-0.1, -0.05) is 24.6 Å². The van der Waals surface area contributed by atoms with Gasteiger partial charge in [-0.3, -0.25) is 55.0 Å². The lowest BCUT2D eigenvalue weighted by Gasteiger charge is -2.26. The van der Waals surface area contributed by atoms with Crippen LogP contribution in [-0.2, 0) is 19.6 Å². The molecule has 18 aromatic rings. The fourth-order valence-electron chi connectivity index (χ4n) is 16.8. The maximum atomic E-state index is 14.7. The molecule has 0 unspecified atom stereocenters. The number of benzene rings is 6. The summed E-state index contributed by atoms with van der Waals surface area (Å²) in [5.74, 6) is 0.894. The smallest absolute Gasteiger partial charge is 0.159 e. The Morgan fingerprint density at radius 2 is 0.633 bits per heavy atom. The van der Waals surface area contributed by atoms with Gasteiger partial charge in [-0.15, -0.1) is 0 Å². The van der Waals surface area contributed by atoms with Crippen LogP contribution in [0.4, 0.5) is 30.2 Å². The Kier molecular flexibility index (Phi) is 25.2. The summed E-state index contributed by atoms with van der Waals surface area (Å²) in [5, 5.41) is 36.1. The molecule has 27 nitrogen and oxygen atoms in total. The molecule has 0 bridgehead atoms. The van der Waals surface area contributed by atoms with Crippen LogP contribution in [0, 0.1) is 17.5 Å². The molecule has 2 aliphatic rings. The van der Waals surface area contributed by atoms with Crippen molar-refractivity contribution in [3.63, 3.8) is 0 Å². The molecule has 0 amide bonds. The number of nitrogens with one attached hydrogen (secondary N) is 9. The third kappa shape index (κ3) is 19.6. The van der Waals surface area contributed by atoms with E-state index in [0.717, 1.165) is 182 Å². The maximum absolute atomic E-state index is 14.7. The monoisotopic (exact) mass is 1710 g/mol. The van der Waals surface area contributed by atoms with Gasteiger partial charge in [0, 0.05) is 181 Å². The van der Waals surface area contributed by atoms with Gasteiger partial charge >= 0.3 is 0 Å². The molecular weight excluding hydrogens is 1610 g/mol. The molecule has 2 fully saturated rings. The number of halogens is 3. The maximum Gasteiger partial charge on any atom is 0.159 e. The molecule has 2 saturated heterocycles. The minimum absolute atomic E-state index is 0.317. The van der Waals surface area contributed by atoms with Crippen LogP contribution in [0.25, 0.3) is 167 Å². The number of likely N-dealkylation sites (tertiary alicyclic amines) is 2. The second-order valence-electron chi connectivity index (χ2n) is 34.2. The van der Waals surface area contributed by atoms with E-state index in [1.165, 1.54) is 79.6 Å². The van der Waals surface area contributed by atoms with Crippen LogP contribution >= 0.6 is 0 Å². The molecule has 650 valence electrons. The summed E-state index contributed by atoms with van der Waals surface area (Å²) in [6.45, 7) is 11.9. The lowest BCUT2D eigenvalue weighted by molar-refractivity contribution is 0.220. The number of aromatic nitrogens is 18. The van der Waals surface area contributed by atoms with Crippen molar-refractivity contribution in [2.24, 2.45) is 0 Å². The van der Waals surface area contributed by atoms with Crippen molar-refractivity contribution in [1.82, 2.24) is 120 Å². The molecule has 20 rings (SSSR count). The lowest BCUT2D eigenvalue weighted by Crippen LogP contribution is -2.29. The van der Waals surface area contributed by atoms with E-state index in [-0.39, 0.29) is 17.5 Å². The predicted octanol–water partition coefficient (Wildman–Crippen LogP) is 17.7. The molecule has 0 aliphatic carbocycles. The van der Waals surface area contributed by atoms with Crippen LogP contribution in [0.5, 0.6) is 0 Å². The molecule has 0 atom stereocenters. The number of H-pyrrole nitrogens is 6. The number of imidazole rings is 3. The largest absolute Gasteiger partial charge is 0.384 e. The van der Waals surface area contributed by atoms with E-state index in [2.05, 4.69) is 175 Å². The minimum atomic E-state index is -0.322. The average Bonchev–Trinajstić information content (AvgIpc) is 1.62. The first-order chi connectivity index (χ1) is 62.3. The number of hydrogen-bond donors (Lipinski definition) is 9. The number of hydrogen-bond acceptors (Lipinski definition) is 21. The highest BCUT2D eigenvalue weighted by molar-refractivity contribution is 6.02. The van der Waals surface area contributed by atoms with Crippen molar-refractivity contribution in [2.75, 3.05) is 138 Å². The molecule has 12 aromatic heterocycles. The van der Waals surface area contributed by atoms with Gasteiger partial charge in [-0.25, -0.2) is 28.1 Å². The normalized spacial score (nSPS) is 13.3. The van der Waals surface area contributed by atoms with Crippen LogP contribution < -0.4 is 16.0 Å². The van der Waals surface area contributed by atoms with Crippen LogP contribution in [0.15, 0.2) is 202 Å². The number of pyridine rings is 6. The Labute approximate surface area is 738 Å². The molecule has 30 heteroatoms. The summed E-state index contributed by atoms with van der Waals surface area (Å²) >= 11 is 0. The number of anilines is 3. The predicted molar refractivity (Wildman–Crippen MR) is 505 cm³/mol. The van der Waals surface area contributed by atoms with Crippen LogP contribution in [0.2, 0.25) is 0 Å². The van der Waals surface area contributed by atoms with E-state index >= 15 is 0 Å². The Morgan fingerprint density at radius 3 is 0.969 bits per heavy atom. The zero-order chi connectivity index (χ0) is 87.9. The molecule has 0 radical (unpaired) electrons. The quantitative estimate of drug-likeness (QED) is 0.0231. The van der Waals surface area contributed by atoms with Crippen molar-refractivity contribution >= 4 is 82.9 Å². The highest BCUT2D eigenvalue weighted by Crippen LogP contribution is 2.40. The second kappa shape index (κ2) is 38.0. The first-order valence-electron chi connectivity index (χ1n) is 43.3. The van der Waals surface area contributed by atoms with Crippen LogP contribution in [-0.4, -0.2) is 242 Å². The fourth-order valence-corrected chi connectivity index (χ4v) is 16.8. The summed E-state index contributed by atoms with van der Waals surface area (Å²) in [6.07, 6.45) is 28.3. The zero-order valence-electron chi connectivity index (χ0n) is 73.0. The molecule has 6 aromatic carbocycles. The second-order valence-corrected chi connectivity index (χ2v) is 34.2. The molecule has 128 heavy (non-hydrogen) atoms. The third-order valence-electron chi connectivity index (χ3n) is 23.2.